The van der Waals surface area contributed by atoms with Gasteiger partial charge in [-0.05, 0) is 35.9 Å². The smallest absolute Gasteiger partial charge is 0.193 e. The quantitative estimate of drug-likeness (QED) is 0.740. The third kappa shape index (κ3) is 4.37. The first-order valence-electron chi connectivity index (χ1n) is 4.40. The fraction of sp³-hybridized carbons (Fsp3) is 0.556. The van der Waals surface area contributed by atoms with Crippen LogP contribution in [0.1, 0.15) is 12.2 Å². The van der Waals surface area contributed by atoms with Crippen LogP contribution in [-0.2, 0) is 5.75 Å². The molecule has 80 valence electrons. The molecule has 0 radical (unpaired) electrons. The van der Waals surface area contributed by atoms with E-state index in [0.717, 1.165) is 23.7 Å². The Bertz CT molecular complexity index is 267. The molecule has 1 unspecified atom stereocenters. The van der Waals surface area contributed by atoms with Crippen LogP contribution < -0.4 is 5.73 Å². The minimum Gasteiger partial charge on any atom is -0.449 e. The molecule has 0 bridgehead atoms. The maximum absolute atomic E-state index is 8.68. The Morgan fingerprint density at radius 2 is 2.36 bits per heavy atom. The summed E-state index contributed by atoms with van der Waals surface area (Å²) < 4.78 is 5.18. The van der Waals surface area contributed by atoms with Crippen molar-refractivity contribution >= 4 is 23.4 Å². The molecule has 0 saturated heterocycles. The Morgan fingerprint density at radius 3 is 2.93 bits per heavy atom. The standard InChI is InChI=1S/C9H14ClNO2S/c10-9-2-1-8(13-9)6-14-4-3-7(11)5-12/h1-2,7,12H,3-6,11H2. The van der Waals surface area contributed by atoms with Crippen LogP contribution >= 0.6 is 23.4 Å². The third-order valence-corrected chi connectivity index (χ3v) is 2.96. The van der Waals surface area contributed by atoms with Crippen LogP contribution in [0.2, 0.25) is 5.22 Å². The van der Waals surface area contributed by atoms with Crippen molar-refractivity contribution in [1.82, 2.24) is 0 Å². The van der Waals surface area contributed by atoms with Crippen molar-refractivity contribution in [2.75, 3.05) is 12.4 Å². The fourth-order valence-electron chi connectivity index (χ4n) is 0.928. The van der Waals surface area contributed by atoms with Gasteiger partial charge in [-0.2, -0.15) is 11.8 Å². The molecule has 0 aliphatic rings. The number of aliphatic hydroxyl groups excluding tert-OH is 1. The Morgan fingerprint density at radius 1 is 1.57 bits per heavy atom. The largest absolute Gasteiger partial charge is 0.449 e. The molecule has 0 aliphatic heterocycles. The molecule has 0 aliphatic carbocycles. The molecule has 0 saturated carbocycles. The second kappa shape index (κ2) is 6.35. The van der Waals surface area contributed by atoms with Crippen molar-refractivity contribution in [3.63, 3.8) is 0 Å². The van der Waals surface area contributed by atoms with E-state index in [9.17, 15) is 0 Å². The van der Waals surface area contributed by atoms with Crippen molar-refractivity contribution in [3.05, 3.63) is 23.1 Å². The molecule has 14 heavy (non-hydrogen) atoms. The van der Waals surface area contributed by atoms with E-state index in [1.54, 1.807) is 17.8 Å². The average molecular weight is 236 g/mol. The number of furan rings is 1. The van der Waals surface area contributed by atoms with Crippen molar-refractivity contribution in [1.29, 1.82) is 0 Å². The lowest BCUT2D eigenvalue weighted by atomic mass is 10.3. The molecule has 0 fully saturated rings. The van der Waals surface area contributed by atoms with Crippen molar-refractivity contribution < 1.29 is 9.52 Å². The summed E-state index contributed by atoms with van der Waals surface area (Å²) in [5, 5.41) is 9.11. The molecule has 1 rings (SSSR count). The first kappa shape index (κ1) is 11.9. The molecule has 0 aromatic carbocycles. The lowest BCUT2D eigenvalue weighted by Gasteiger charge is -2.05. The highest BCUT2D eigenvalue weighted by Crippen LogP contribution is 2.18. The van der Waals surface area contributed by atoms with Gasteiger partial charge in [0.1, 0.15) is 5.76 Å². The Labute approximate surface area is 92.6 Å². The molecule has 1 aromatic rings. The number of aliphatic hydroxyl groups is 1. The Balaban J connectivity index is 2.10. The second-order valence-electron chi connectivity index (χ2n) is 2.99. The van der Waals surface area contributed by atoms with E-state index in [0.29, 0.717) is 5.22 Å². The van der Waals surface area contributed by atoms with Gasteiger partial charge >= 0.3 is 0 Å². The highest BCUT2D eigenvalue weighted by molar-refractivity contribution is 7.98. The van der Waals surface area contributed by atoms with Gasteiger partial charge in [-0.1, -0.05) is 0 Å². The van der Waals surface area contributed by atoms with Gasteiger partial charge in [-0.15, -0.1) is 0 Å². The molecule has 1 atom stereocenters. The first-order valence-corrected chi connectivity index (χ1v) is 5.94. The van der Waals surface area contributed by atoms with Gasteiger partial charge in [-0.3, -0.25) is 0 Å². The minimum atomic E-state index is -0.109. The monoisotopic (exact) mass is 235 g/mol. The van der Waals surface area contributed by atoms with E-state index in [-0.39, 0.29) is 12.6 Å². The summed E-state index contributed by atoms with van der Waals surface area (Å²) in [7, 11) is 0. The molecule has 1 heterocycles. The molecular weight excluding hydrogens is 222 g/mol. The predicted molar refractivity (Wildman–Crippen MR) is 59.6 cm³/mol. The van der Waals surface area contributed by atoms with Crippen molar-refractivity contribution in [2.45, 2.75) is 18.2 Å². The van der Waals surface area contributed by atoms with Crippen molar-refractivity contribution in [3.8, 4) is 0 Å². The van der Waals surface area contributed by atoms with Gasteiger partial charge in [0.25, 0.3) is 0 Å². The van der Waals surface area contributed by atoms with Gasteiger partial charge in [0.2, 0.25) is 0 Å². The summed E-state index contributed by atoms with van der Waals surface area (Å²) in [6, 6.07) is 3.49. The van der Waals surface area contributed by atoms with Gasteiger partial charge < -0.3 is 15.3 Å². The number of halogens is 1. The zero-order valence-electron chi connectivity index (χ0n) is 7.78. The zero-order valence-corrected chi connectivity index (χ0v) is 9.35. The number of rotatable bonds is 6. The highest BCUT2D eigenvalue weighted by Gasteiger charge is 2.02. The SMILES string of the molecule is NC(CO)CCSCc1ccc(Cl)o1. The summed E-state index contributed by atoms with van der Waals surface area (Å²) in [6.45, 7) is 0.0488. The van der Waals surface area contributed by atoms with Gasteiger partial charge in [0, 0.05) is 6.04 Å². The maximum Gasteiger partial charge on any atom is 0.193 e. The predicted octanol–water partition coefficient (Wildman–Crippen LogP) is 1.88. The normalized spacial score (nSPS) is 13.1. The Kier molecular flexibility index (Phi) is 5.40. The molecule has 5 heteroatoms. The maximum atomic E-state index is 8.68. The number of hydrogen-bond donors (Lipinski definition) is 2. The van der Waals surface area contributed by atoms with Crippen LogP contribution in [0, 0.1) is 0 Å². The van der Waals surface area contributed by atoms with Crippen LogP contribution in [0.15, 0.2) is 16.5 Å². The summed E-state index contributed by atoms with van der Waals surface area (Å²) in [5.41, 5.74) is 5.55. The fourth-order valence-corrected chi connectivity index (χ4v) is 2.06. The number of hydrogen-bond acceptors (Lipinski definition) is 4. The van der Waals surface area contributed by atoms with Gasteiger partial charge in [0.15, 0.2) is 5.22 Å². The molecule has 0 spiro atoms. The summed E-state index contributed by atoms with van der Waals surface area (Å²) >= 11 is 7.34. The molecule has 3 nitrogen and oxygen atoms in total. The van der Waals surface area contributed by atoms with Crippen LogP contribution in [0.5, 0.6) is 0 Å². The minimum absolute atomic E-state index is 0.0488. The number of thioether (sulfide) groups is 1. The highest BCUT2D eigenvalue weighted by atomic mass is 35.5. The summed E-state index contributed by atoms with van der Waals surface area (Å²) in [6.07, 6.45) is 0.815. The molecule has 0 amide bonds. The first-order chi connectivity index (χ1) is 6.72. The lowest BCUT2D eigenvalue weighted by molar-refractivity contribution is 0.264. The molecule has 1 aromatic heterocycles. The van der Waals surface area contributed by atoms with E-state index in [2.05, 4.69) is 0 Å². The second-order valence-corrected chi connectivity index (χ2v) is 4.47. The van der Waals surface area contributed by atoms with Crippen LogP contribution in [0.3, 0.4) is 0 Å². The summed E-state index contributed by atoms with van der Waals surface area (Å²) in [5.74, 6) is 2.59. The van der Waals surface area contributed by atoms with E-state index >= 15 is 0 Å². The summed E-state index contributed by atoms with van der Waals surface area (Å²) in [4.78, 5) is 0. The van der Waals surface area contributed by atoms with E-state index < -0.39 is 0 Å². The van der Waals surface area contributed by atoms with E-state index in [1.807, 2.05) is 6.07 Å². The third-order valence-electron chi connectivity index (χ3n) is 1.74. The number of nitrogens with two attached hydrogens (primary N) is 1. The van der Waals surface area contributed by atoms with Crippen LogP contribution in [0.25, 0.3) is 0 Å². The average Bonchev–Trinajstić information content (AvgIpc) is 2.58. The lowest BCUT2D eigenvalue weighted by Crippen LogP contribution is -2.24. The van der Waals surface area contributed by atoms with E-state index in [1.165, 1.54) is 0 Å². The molecule has 3 N–H and O–H groups in total. The van der Waals surface area contributed by atoms with Crippen LogP contribution in [0.4, 0.5) is 0 Å². The topological polar surface area (TPSA) is 59.4 Å². The zero-order chi connectivity index (χ0) is 10.4. The molecular formula is C9H14ClNO2S. The van der Waals surface area contributed by atoms with Crippen molar-refractivity contribution in [2.24, 2.45) is 5.73 Å². The Hall–Kier alpha value is -0.160. The van der Waals surface area contributed by atoms with Crippen LogP contribution in [-0.4, -0.2) is 23.5 Å². The van der Waals surface area contributed by atoms with E-state index in [4.69, 9.17) is 26.9 Å². The van der Waals surface area contributed by atoms with Gasteiger partial charge in [-0.25, -0.2) is 0 Å². The van der Waals surface area contributed by atoms with Gasteiger partial charge in [0.05, 0.1) is 12.4 Å².